The van der Waals surface area contributed by atoms with Crippen molar-refractivity contribution >= 4 is 0 Å². The molecule has 3 atom stereocenters. The van der Waals surface area contributed by atoms with E-state index < -0.39 is 0 Å². The van der Waals surface area contributed by atoms with Crippen LogP contribution in [-0.4, -0.2) is 37.5 Å². The molecule has 0 aliphatic heterocycles. The van der Waals surface area contributed by atoms with Crippen LogP contribution in [0.25, 0.3) is 0 Å². The monoisotopic (exact) mass is 238 g/mol. The molecule has 0 radical (unpaired) electrons. The van der Waals surface area contributed by atoms with E-state index in [-0.39, 0.29) is 17.7 Å². The number of ether oxygens (including phenoxy) is 2. The highest BCUT2D eigenvalue weighted by molar-refractivity contribution is 5.14. The lowest BCUT2D eigenvalue weighted by Crippen LogP contribution is -2.43. The summed E-state index contributed by atoms with van der Waals surface area (Å²) >= 11 is 0. The summed E-state index contributed by atoms with van der Waals surface area (Å²) in [4.78, 5) is 0. The Balaban J connectivity index is 1.82. The van der Waals surface area contributed by atoms with Crippen LogP contribution in [0.1, 0.15) is 39.0 Å². The second-order valence-electron chi connectivity index (χ2n) is 5.38. The first-order valence-electron chi connectivity index (χ1n) is 6.51. The Bertz CT molecular complexity index is 298. The van der Waals surface area contributed by atoms with Gasteiger partial charge in [0.15, 0.2) is 0 Å². The van der Waals surface area contributed by atoms with E-state index >= 15 is 0 Å². The molecule has 1 N–H and O–H groups in total. The van der Waals surface area contributed by atoms with Crippen molar-refractivity contribution in [2.45, 2.75) is 62.8 Å². The normalized spacial score (nSPS) is 34.5. The molecule has 0 saturated heterocycles. The van der Waals surface area contributed by atoms with E-state index in [4.69, 9.17) is 9.47 Å². The van der Waals surface area contributed by atoms with Crippen LogP contribution in [-0.2, 0) is 9.47 Å². The molecule has 0 aromatic rings. The summed E-state index contributed by atoms with van der Waals surface area (Å²) in [6, 6.07) is 3.04. The number of methoxy groups -OCH3 is 1. The van der Waals surface area contributed by atoms with Gasteiger partial charge in [-0.2, -0.15) is 5.26 Å². The standard InChI is InChI=1S/C13H22N2O2/c1-10(8-16-2)17-12-5-6-13(7-12,9-14)15-11-3-4-11/h10-12,15H,3-8H2,1-2H3. The third-order valence-electron chi connectivity index (χ3n) is 3.57. The molecule has 0 aromatic carbocycles. The van der Waals surface area contributed by atoms with Crippen LogP contribution in [0, 0.1) is 11.3 Å². The van der Waals surface area contributed by atoms with Gasteiger partial charge in [0.2, 0.25) is 0 Å². The zero-order valence-electron chi connectivity index (χ0n) is 10.7. The summed E-state index contributed by atoms with van der Waals surface area (Å²) in [5, 5.41) is 12.8. The summed E-state index contributed by atoms with van der Waals surface area (Å²) < 4.78 is 11.0. The molecule has 0 aromatic heterocycles. The van der Waals surface area contributed by atoms with E-state index in [1.807, 2.05) is 6.92 Å². The molecule has 2 saturated carbocycles. The number of nitrogens with one attached hydrogen (secondary N) is 1. The van der Waals surface area contributed by atoms with Crippen LogP contribution < -0.4 is 5.32 Å². The third kappa shape index (κ3) is 3.41. The zero-order chi connectivity index (χ0) is 12.3. The highest BCUT2D eigenvalue weighted by atomic mass is 16.5. The van der Waals surface area contributed by atoms with Crippen LogP contribution >= 0.6 is 0 Å². The maximum absolute atomic E-state index is 9.36. The lowest BCUT2D eigenvalue weighted by Gasteiger charge is -2.23. The van der Waals surface area contributed by atoms with Crippen LogP contribution in [0.4, 0.5) is 0 Å². The fourth-order valence-corrected chi connectivity index (χ4v) is 2.60. The number of nitrogens with zero attached hydrogens (tertiary/aromatic N) is 1. The van der Waals surface area contributed by atoms with Gasteiger partial charge in [-0.05, 0) is 32.6 Å². The van der Waals surface area contributed by atoms with E-state index in [2.05, 4.69) is 11.4 Å². The van der Waals surface area contributed by atoms with Gasteiger partial charge < -0.3 is 9.47 Å². The second-order valence-corrected chi connectivity index (χ2v) is 5.38. The first-order valence-corrected chi connectivity index (χ1v) is 6.51. The van der Waals surface area contributed by atoms with E-state index in [1.165, 1.54) is 12.8 Å². The van der Waals surface area contributed by atoms with Gasteiger partial charge in [0.25, 0.3) is 0 Å². The molecular formula is C13H22N2O2. The van der Waals surface area contributed by atoms with Crippen molar-refractivity contribution in [3.8, 4) is 6.07 Å². The summed E-state index contributed by atoms with van der Waals surface area (Å²) in [7, 11) is 1.68. The van der Waals surface area contributed by atoms with Gasteiger partial charge in [-0.3, -0.25) is 5.32 Å². The van der Waals surface area contributed by atoms with Crippen molar-refractivity contribution in [3.63, 3.8) is 0 Å². The molecule has 3 unspecified atom stereocenters. The fourth-order valence-electron chi connectivity index (χ4n) is 2.60. The molecule has 2 rings (SSSR count). The zero-order valence-corrected chi connectivity index (χ0v) is 10.7. The molecule has 0 bridgehead atoms. The molecule has 2 aliphatic carbocycles. The summed E-state index contributed by atoms with van der Waals surface area (Å²) in [6.07, 6.45) is 5.44. The number of nitriles is 1. The minimum atomic E-state index is -0.335. The van der Waals surface area contributed by atoms with Crippen molar-refractivity contribution < 1.29 is 9.47 Å². The third-order valence-corrected chi connectivity index (χ3v) is 3.57. The van der Waals surface area contributed by atoms with Crippen molar-refractivity contribution in [3.05, 3.63) is 0 Å². The maximum atomic E-state index is 9.36. The molecule has 2 aliphatic rings. The largest absolute Gasteiger partial charge is 0.382 e. The van der Waals surface area contributed by atoms with Crippen molar-refractivity contribution in [1.82, 2.24) is 5.32 Å². The molecule has 0 amide bonds. The Labute approximate surface area is 103 Å². The van der Waals surface area contributed by atoms with Gasteiger partial charge >= 0.3 is 0 Å². The van der Waals surface area contributed by atoms with Crippen molar-refractivity contribution in [2.24, 2.45) is 0 Å². The summed E-state index contributed by atoms with van der Waals surface area (Å²) in [5.41, 5.74) is -0.335. The minimum Gasteiger partial charge on any atom is -0.382 e. The number of hydrogen-bond donors (Lipinski definition) is 1. The predicted molar refractivity (Wildman–Crippen MR) is 64.6 cm³/mol. The second kappa shape index (κ2) is 5.34. The Morgan fingerprint density at radius 3 is 2.82 bits per heavy atom. The molecule has 4 nitrogen and oxygen atoms in total. The molecule has 0 spiro atoms. The van der Waals surface area contributed by atoms with E-state index in [9.17, 15) is 5.26 Å². The molecule has 17 heavy (non-hydrogen) atoms. The quantitative estimate of drug-likeness (QED) is 0.763. The highest BCUT2D eigenvalue weighted by Gasteiger charge is 2.43. The average Bonchev–Trinajstić information content (AvgIpc) is 3.01. The SMILES string of the molecule is COCC(C)OC1CCC(C#N)(NC2CC2)C1. The highest BCUT2D eigenvalue weighted by Crippen LogP contribution is 2.35. The Morgan fingerprint density at radius 2 is 2.24 bits per heavy atom. The number of rotatable bonds is 6. The van der Waals surface area contributed by atoms with Gasteiger partial charge in [-0.1, -0.05) is 0 Å². The molecular weight excluding hydrogens is 216 g/mol. The lowest BCUT2D eigenvalue weighted by molar-refractivity contribution is -0.0370. The first kappa shape index (κ1) is 12.8. The molecule has 96 valence electrons. The minimum absolute atomic E-state index is 0.111. The number of hydrogen-bond acceptors (Lipinski definition) is 4. The van der Waals surface area contributed by atoms with Crippen LogP contribution in [0.5, 0.6) is 0 Å². The topological polar surface area (TPSA) is 54.3 Å². The van der Waals surface area contributed by atoms with Gasteiger partial charge in [0.1, 0.15) is 5.54 Å². The maximum Gasteiger partial charge on any atom is 0.109 e. The Kier molecular flexibility index (Phi) is 4.03. The van der Waals surface area contributed by atoms with Gasteiger partial charge in [0, 0.05) is 19.6 Å². The average molecular weight is 238 g/mol. The predicted octanol–water partition coefficient (Wildman–Crippen LogP) is 1.60. The summed E-state index contributed by atoms with van der Waals surface area (Å²) in [5.74, 6) is 0. The Hall–Kier alpha value is -0.630. The lowest BCUT2D eigenvalue weighted by atomic mass is 9.99. The fraction of sp³-hybridized carbons (Fsp3) is 0.923. The molecule has 4 heteroatoms. The van der Waals surface area contributed by atoms with Crippen molar-refractivity contribution in [2.75, 3.05) is 13.7 Å². The van der Waals surface area contributed by atoms with Gasteiger partial charge in [0.05, 0.1) is 24.9 Å². The van der Waals surface area contributed by atoms with E-state index in [0.29, 0.717) is 12.6 Å². The first-order chi connectivity index (χ1) is 8.17. The summed E-state index contributed by atoms with van der Waals surface area (Å²) in [6.45, 7) is 2.64. The van der Waals surface area contributed by atoms with Gasteiger partial charge in [-0.25, -0.2) is 0 Å². The van der Waals surface area contributed by atoms with Crippen LogP contribution in [0.2, 0.25) is 0 Å². The van der Waals surface area contributed by atoms with E-state index in [1.54, 1.807) is 7.11 Å². The van der Waals surface area contributed by atoms with Gasteiger partial charge in [-0.15, -0.1) is 0 Å². The Morgan fingerprint density at radius 1 is 1.47 bits per heavy atom. The smallest absolute Gasteiger partial charge is 0.109 e. The van der Waals surface area contributed by atoms with E-state index in [0.717, 1.165) is 19.3 Å². The van der Waals surface area contributed by atoms with Crippen LogP contribution in [0.15, 0.2) is 0 Å². The molecule has 2 fully saturated rings. The molecule has 0 heterocycles. The van der Waals surface area contributed by atoms with Crippen molar-refractivity contribution in [1.29, 1.82) is 5.26 Å². The van der Waals surface area contributed by atoms with Crippen LogP contribution in [0.3, 0.4) is 0 Å².